The van der Waals surface area contributed by atoms with Gasteiger partial charge in [0.1, 0.15) is 11.5 Å². The Morgan fingerprint density at radius 3 is 2.35 bits per heavy atom. The summed E-state index contributed by atoms with van der Waals surface area (Å²) in [4.78, 5) is 12.9. The highest BCUT2D eigenvalue weighted by Gasteiger charge is 2.35. The number of rotatable bonds is 10. The van der Waals surface area contributed by atoms with Gasteiger partial charge in [-0.1, -0.05) is 12.1 Å². The molecule has 2 aromatic rings. The van der Waals surface area contributed by atoms with Crippen molar-refractivity contribution in [3.8, 4) is 11.5 Å². The maximum absolute atomic E-state index is 13.4. The molecule has 2 aromatic carbocycles. The second-order valence-electron chi connectivity index (χ2n) is 8.60. The number of amides is 1. The molecule has 8 nitrogen and oxygen atoms in total. The van der Waals surface area contributed by atoms with Crippen LogP contribution in [0.3, 0.4) is 0 Å². The summed E-state index contributed by atoms with van der Waals surface area (Å²) in [6.07, 6.45) is 1.40. The number of carbonyl (C=O) groups is 1. The fourth-order valence-corrected chi connectivity index (χ4v) is 5.75. The van der Waals surface area contributed by atoms with Crippen LogP contribution < -0.4 is 19.1 Å². The third kappa shape index (κ3) is 6.42. The summed E-state index contributed by atoms with van der Waals surface area (Å²) in [7, 11) is -2.20. The second kappa shape index (κ2) is 11.6. The highest BCUT2D eigenvalue weighted by molar-refractivity contribution is 7.90. The lowest BCUT2D eigenvalue weighted by molar-refractivity contribution is -0.126. The van der Waals surface area contributed by atoms with Crippen molar-refractivity contribution < 1.29 is 22.7 Å². The minimum absolute atomic E-state index is 0.101. The van der Waals surface area contributed by atoms with Gasteiger partial charge < -0.3 is 14.8 Å². The molecule has 0 bridgehead atoms. The number of ether oxygens (including phenoxy) is 2. The topological polar surface area (TPSA) is 88.2 Å². The zero-order chi connectivity index (χ0) is 24.7. The number of nitrogens with zero attached hydrogens (tertiary/aromatic N) is 2. The number of hydrogen-bond acceptors (Lipinski definition) is 5. The number of piperidine rings is 1. The maximum Gasteiger partial charge on any atom is 0.304 e. The van der Waals surface area contributed by atoms with Crippen LogP contribution in [-0.2, 0) is 21.5 Å². The molecule has 1 N–H and O–H groups in total. The average molecular weight is 490 g/mol. The normalized spacial score (nSPS) is 16.8. The lowest BCUT2D eigenvalue weighted by Gasteiger charge is -2.35. The van der Waals surface area contributed by atoms with Crippen LogP contribution in [0, 0.1) is 5.92 Å². The van der Waals surface area contributed by atoms with Crippen molar-refractivity contribution in [2.75, 3.05) is 31.0 Å². The third-order valence-electron chi connectivity index (χ3n) is 5.77. The van der Waals surface area contributed by atoms with Crippen molar-refractivity contribution in [1.82, 2.24) is 9.62 Å². The summed E-state index contributed by atoms with van der Waals surface area (Å²) in [5.74, 6) is 0.932. The van der Waals surface area contributed by atoms with E-state index in [0.29, 0.717) is 43.9 Å². The molecular formula is C25H35N3O5S. The van der Waals surface area contributed by atoms with Gasteiger partial charge in [-0.25, -0.2) is 0 Å². The molecule has 1 heterocycles. The standard InChI is InChI=1S/C25H35N3O5S/c1-5-28(22-10-14-23(32-4)15-11-22)34(30,31)27-16-6-7-21(18-27)25(29)26-17-20-8-12-24(13-9-20)33-19(2)3/h8-15,19,21H,5-7,16-18H2,1-4H3,(H,26,29)/t21-/m0/s1. The molecule has 0 unspecified atom stereocenters. The van der Waals surface area contributed by atoms with Gasteiger partial charge >= 0.3 is 10.2 Å². The Balaban J connectivity index is 1.62. The van der Waals surface area contributed by atoms with E-state index in [2.05, 4.69) is 5.32 Å². The number of carbonyl (C=O) groups excluding carboxylic acids is 1. The minimum Gasteiger partial charge on any atom is -0.497 e. The molecular weight excluding hydrogens is 454 g/mol. The van der Waals surface area contributed by atoms with E-state index in [-0.39, 0.29) is 24.5 Å². The molecule has 0 radical (unpaired) electrons. The molecule has 1 saturated heterocycles. The van der Waals surface area contributed by atoms with Crippen molar-refractivity contribution >= 4 is 21.8 Å². The van der Waals surface area contributed by atoms with Gasteiger partial charge in [0.05, 0.1) is 24.8 Å². The van der Waals surface area contributed by atoms with Crippen LogP contribution >= 0.6 is 0 Å². The number of hydrogen-bond donors (Lipinski definition) is 1. The molecule has 9 heteroatoms. The number of nitrogens with one attached hydrogen (secondary N) is 1. The van der Waals surface area contributed by atoms with E-state index in [4.69, 9.17) is 9.47 Å². The third-order valence-corrected chi connectivity index (χ3v) is 7.78. The maximum atomic E-state index is 13.4. The Bertz CT molecular complexity index is 1040. The fourth-order valence-electron chi connectivity index (χ4n) is 4.02. The Hall–Kier alpha value is -2.78. The molecule has 0 saturated carbocycles. The Labute approximate surface area is 203 Å². The largest absolute Gasteiger partial charge is 0.497 e. The van der Waals surface area contributed by atoms with Gasteiger partial charge in [0.2, 0.25) is 5.91 Å². The van der Waals surface area contributed by atoms with E-state index in [9.17, 15) is 13.2 Å². The molecule has 34 heavy (non-hydrogen) atoms. The summed E-state index contributed by atoms with van der Waals surface area (Å²) >= 11 is 0. The highest BCUT2D eigenvalue weighted by Crippen LogP contribution is 2.27. The van der Waals surface area contributed by atoms with Gasteiger partial charge in [0.15, 0.2) is 0 Å². The van der Waals surface area contributed by atoms with Gasteiger partial charge in [-0.15, -0.1) is 0 Å². The summed E-state index contributed by atoms with van der Waals surface area (Å²) in [5.41, 5.74) is 1.53. The van der Waals surface area contributed by atoms with E-state index in [1.165, 1.54) is 8.61 Å². The molecule has 1 amide bonds. The number of benzene rings is 2. The van der Waals surface area contributed by atoms with Crippen molar-refractivity contribution in [3.63, 3.8) is 0 Å². The smallest absolute Gasteiger partial charge is 0.304 e. The van der Waals surface area contributed by atoms with Crippen molar-refractivity contribution in [1.29, 1.82) is 0 Å². The van der Waals surface area contributed by atoms with Gasteiger partial charge in [0.25, 0.3) is 0 Å². The molecule has 1 fully saturated rings. The van der Waals surface area contributed by atoms with Crippen LogP contribution in [0.5, 0.6) is 11.5 Å². The molecule has 3 rings (SSSR count). The van der Waals surface area contributed by atoms with E-state index in [1.807, 2.05) is 38.1 Å². The zero-order valence-electron chi connectivity index (χ0n) is 20.4. The van der Waals surface area contributed by atoms with Crippen LogP contribution in [0.4, 0.5) is 5.69 Å². The van der Waals surface area contributed by atoms with E-state index in [1.54, 1.807) is 38.3 Å². The van der Waals surface area contributed by atoms with Crippen molar-refractivity contribution in [2.45, 2.75) is 46.3 Å². The number of anilines is 1. The first-order valence-electron chi connectivity index (χ1n) is 11.7. The molecule has 0 spiro atoms. The zero-order valence-corrected chi connectivity index (χ0v) is 21.2. The quantitative estimate of drug-likeness (QED) is 0.551. The molecule has 0 aromatic heterocycles. The first-order valence-corrected chi connectivity index (χ1v) is 13.1. The monoisotopic (exact) mass is 489 g/mol. The Morgan fingerprint density at radius 2 is 1.76 bits per heavy atom. The molecule has 1 aliphatic heterocycles. The van der Waals surface area contributed by atoms with Gasteiger partial charge in [-0.3, -0.25) is 9.10 Å². The molecule has 186 valence electrons. The average Bonchev–Trinajstić information content (AvgIpc) is 2.84. The van der Waals surface area contributed by atoms with E-state index < -0.39 is 10.2 Å². The predicted molar refractivity (Wildman–Crippen MR) is 133 cm³/mol. The Morgan fingerprint density at radius 1 is 1.12 bits per heavy atom. The summed E-state index contributed by atoms with van der Waals surface area (Å²) < 4.78 is 40.4. The lowest BCUT2D eigenvalue weighted by atomic mass is 9.99. The predicted octanol–water partition coefficient (Wildman–Crippen LogP) is 3.58. The van der Waals surface area contributed by atoms with Crippen molar-refractivity contribution in [3.05, 3.63) is 54.1 Å². The van der Waals surface area contributed by atoms with Crippen LogP contribution in [0.15, 0.2) is 48.5 Å². The van der Waals surface area contributed by atoms with Crippen LogP contribution in [0.2, 0.25) is 0 Å². The van der Waals surface area contributed by atoms with E-state index in [0.717, 1.165) is 11.3 Å². The van der Waals surface area contributed by atoms with Gasteiger partial charge in [-0.2, -0.15) is 12.7 Å². The van der Waals surface area contributed by atoms with Gasteiger partial charge in [-0.05, 0) is 75.6 Å². The summed E-state index contributed by atoms with van der Waals surface area (Å²) in [6.45, 7) is 6.98. The Kier molecular flexibility index (Phi) is 8.79. The van der Waals surface area contributed by atoms with Crippen molar-refractivity contribution in [2.24, 2.45) is 5.92 Å². The first-order chi connectivity index (χ1) is 16.2. The van der Waals surface area contributed by atoms with Crippen LogP contribution in [-0.4, -0.2) is 51.5 Å². The molecule has 1 atom stereocenters. The highest BCUT2D eigenvalue weighted by atomic mass is 32.2. The first kappa shape index (κ1) is 25.8. The van der Waals surface area contributed by atoms with Gasteiger partial charge in [0, 0.05) is 26.2 Å². The molecule has 1 aliphatic rings. The van der Waals surface area contributed by atoms with E-state index >= 15 is 0 Å². The SMILES string of the molecule is CCN(c1ccc(OC)cc1)S(=O)(=O)N1CCC[C@H](C(=O)NCc2ccc(OC(C)C)cc2)C1. The number of methoxy groups -OCH3 is 1. The van der Waals surface area contributed by atoms with Crippen LogP contribution in [0.1, 0.15) is 39.2 Å². The molecule has 0 aliphatic carbocycles. The van der Waals surface area contributed by atoms with Crippen LogP contribution in [0.25, 0.3) is 0 Å². The summed E-state index contributed by atoms with van der Waals surface area (Å²) in [6, 6.07) is 14.5. The second-order valence-corrected chi connectivity index (χ2v) is 10.4. The lowest BCUT2D eigenvalue weighted by Crippen LogP contribution is -2.50. The fraction of sp³-hybridized carbons (Fsp3) is 0.480. The summed E-state index contributed by atoms with van der Waals surface area (Å²) in [5, 5.41) is 2.96. The minimum atomic E-state index is -3.76.